The number of carbonyl (C=O) groups is 1. The molecular formula is C26H23F3N2O6. The Kier molecular flexibility index (Phi) is 7.23. The molecule has 0 aromatic heterocycles. The van der Waals surface area contributed by atoms with Crippen molar-refractivity contribution in [1.82, 2.24) is 4.90 Å². The molecule has 1 aliphatic heterocycles. The minimum absolute atomic E-state index is 0.0273. The number of fused-ring (bicyclic) bond motifs is 1. The summed E-state index contributed by atoms with van der Waals surface area (Å²) in [6, 6.07) is 12.7. The van der Waals surface area contributed by atoms with Crippen LogP contribution in [0.4, 0.5) is 18.9 Å². The summed E-state index contributed by atoms with van der Waals surface area (Å²) in [5.74, 6) is 0.258. The Hall–Kier alpha value is -4.28. The largest absolute Gasteiger partial charge is 0.493 e. The van der Waals surface area contributed by atoms with Gasteiger partial charge in [0.2, 0.25) is 0 Å². The first kappa shape index (κ1) is 25.8. The highest BCUT2D eigenvalue weighted by atomic mass is 19.4. The molecule has 1 amide bonds. The number of halogens is 3. The number of para-hydroxylation sites is 1. The Bertz CT molecular complexity index is 1330. The molecule has 0 spiro atoms. The van der Waals surface area contributed by atoms with Gasteiger partial charge in [0.05, 0.1) is 30.7 Å². The van der Waals surface area contributed by atoms with E-state index in [1.807, 2.05) is 0 Å². The number of alkyl halides is 3. The Balaban J connectivity index is 1.74. The summed E-state index contributed by atoms with van der Waals surface area (Å²) in [6.45, 7) is 0.000146. The highest BCUT2D eigenvalue weighted by Gasteiger charge is 2.36. The van der Waals surface area contributed by atoms with Crippen molar-refractivity contribution in [1.29, 1.82) is 0 Å². The molecule has 0 fully saturated rings. The predicted molar refractivity (Wildman–Crippen MR) is 127 cm³/mol. The van der Waals surface area contributed by atoms with Crippen LogP contribution in [0.5, 0.6) is 17.2 Å². The molecule has 1 heterocycles. The second-order valence-electron chi connectivity index (χ2n) is 8.28. The van der Waals surface area contributed by atoms with E-state index in [1.54, 1.807) is 12.1 Å². The van der Waals surface area contributed by atoms with Gasteiger partial charge in [0.1, 0.15) is 17.9 Å². The zero-order chi connectivity index (χ0) is 26.7. The van der Waals surface area contributed by atoms with Gasteiger partial charge in [0, 0.05) is 12.6 Å². The molecule has 1 aliphatic rings. The lowest BCUT2D eigenvalue weighted by atomic mass is 9.91. The molecule has 3 aromatic rings. The molecule has 0 bridgehead atoms. The Morgan fingerprint density at radius 1 is 1.05 bits per heavy atom. The number of amides is 1. The second kappa shape index (κ2) is 10.4. The lowest BCUT2D eigenvalue weighted by molar-refractivity contribution is -0.385. The lowest BCUT2D eigenvalue weighted by Crippen LogP contribution is -2.42. The van der Waals surface area contributed by atoms with Gasteiger partial charge in [-0.15, -0.1) is 0 Å². The van der Waals surface area contributed by atoms with E-state index in [-0.39, 0.29) is 30.2 Å². The fraction of sp³-hybridized carbons (Fsp3) is 0.269. The first-order chi connectivity index (χ1) is 17.6. The predicted octanol–water partition coefficient (Wildman–Crippen LogP) is 5.45. The monoisotopic (exact) mass is 516 g/mol. The van der Waals surface area contributed by atoms with Crippen molar-refractivity contribution in [2.24, 2.45) is 0 Å². The van der Waals surface area contributed by atoms with Crippen LogP contribution in [0.3, 0.4) is 0 Å². The molecule has 1 unspecified atom stereocenters. The highest BCUT2D eigenvalue weighted by Crippen LogP contribution is 2.40. The van der Waals surface area contributed by atoms with Gasteiger partial charge in [-0.3, -0.25) is 14.9 Å². The van der Waals surface area contributed by atoms with Crippen LogP contribution in [0.25, 0.3) is 0 Å². The fourth-order valence-corrected chi connectivity index (χ4v) is 4.36. The molecule has 0 saturated heterocycles. The Morgan fingerprint density at radius 3 is 2.43 bits per heavy atom. The smallest absolute Gasteiger partial charge is 0.416 e. The minimum Gasteiger partial charge on any atom is -0.493 e. The van der Waals surface area contributed by atoms with E-state index in [1.165, 1.54) is 55.5 Å². The van der Waals surface area contributed by atoms with E-state index in [4.69, 9.17) is 14.2 Å². The first-order valence-corrected chi connectivity index (χ1v) is 11.2. The summed E-state index contributed by atoms with van der Waals surface area (Å²) in [7, 11) is 2.95. The van der Waals surface area contributed by atoms with Crippen LogP contribution in [0.1, 0.15) is 33.1 Å². The topological polar surface area (TPSA) is 91.1 Å². The van der Waals surface area contributed by atoms with Crippen molar-refractivity contribution in [3.05, 3.63) is 93.0 Å². The van der Waals surface area contributed by atoms with Crippen LogP contribution in [-0.4, -0.2) is 43.1 Å². The van der Waals surface area contributed by atoms with Gasteiger partial charge < -0.3 is 19.1 Å². The zero-order valence-corrected chi connectivity index (χ0v) is 19.9. The van der Waals surface area contributed by atoms with Crippen LogP contribution >= 0.6 is 0 Å². The van der Waals surface area contributed by atoms with Gasteiger partial charge in [-0.2, -0.15) is 13.2 Å². The maximum Gasteiger partial charge on any atom is 0.416 e. The molecule has 3 aromatic carbocycles. The summed E-state index contributed by atoms with van der Waals surface area (Å²) < 4.78 is 56.1. The molecule has 0 saturated carbocycles. The number of nitro groups is 1. The highest BCUT2D eigenvalue weighted by molar-refractivity contribution is 5.98. The van der Waals surface area contributed by atoms with Crippen LogP contribution in [-0.2, 0) is 12.6 Å². The van der Waals surface area contributed by atoms with Crippen LogP contribution in [0.2, 0.25) is 0 Å². The normalized spacial score (nSPS) is 15.1. The van der Waals surface area contributed by atoms with E-state index in [2.05, 4.69) is 0 Å². The van der Waals surface area contributed by atoms with Crippen molar-refractivity contribution in [3.8, 4) is 17.2 Å². The van der Waals surface area contributed by atoms with E-state index in [9.17, 15) is 28.1 Å². The van der Waals surface area contributed by atoms with Crippen molar-refractivity contribution in [2.45, 2.75) is 18.6 Å². The van der Waals surface area contributed by atoms with Crippen molar-refractivity contribution < 1.29 is 37.1 Å². The molecule has 37 heavy (non-hydrogen) atoms. The molecule has 194 valence electrons. The zero-order valence-electron chi connectivity index (χ0n) is 19.9. The number of hydrogen-bond donors (Lipinski definition) is 0. The first-order valence-electron chi connectivity index (χ1n) is 11.2. The number of ether oxygens (including phenoxy) is 3. The lowest BCUT2D eigenvalue weighted by Gasteiger charge is -2.37. The van der Waals surface area contributed by atoms with E-state index >= 15 is 0 Å². The maximum absolute atomic E-state index is 13.6. The standard InChI is InChI=1S/C26H23F3N2O6/c1-35-23-12-16-10-11-30(25(32)19-8-3-4-9-21(19)31(33)34)22(20(16)14-24(23)36-2)15-37-18-7-5-6-17(13-18)26(27,28)29/h3-9,12-14,22H,10-11,15H2,1-2H3. The van der Waals surface area contributed by atoms with E-state index in [0.717, 1.165) is 17.7 Å². The molecule has 1 atom stereocenters. The molecule has 8 nitrogen and oxygen atoms in total. The van der Waals surface area contributed by atoms with Crippen molar-refractivity contribution in [3.63, 3.8) is 0 Å². The fourth-order valence-electron chi connectivity index (χ4n) is 4.36. The summed E-state index contributed by atoms with van der Waals surface area (Å²) >= 11 is 0. The molecule has 0 N–H and O–H groups in total. The summed E-state index contributed by atoms with van der Waals surface area (Å²) in [6.07, 6.45) is -4.13. The van der Waals surface area contributed by atoms with Gasteiger partial charge in [0.25, 0.3) is 11.6 Å². The minimum atomic E-state index is -4.55. The van der Waals surface area contributed by atoms with E-state index < -0.39 is 28.6 Å². The number of methoxy groups -OCH3 is 2. The number of nitro benzene ring substituents is 1. The van der Waals surface area contributed by atoms with Gasteiger partial charge >= 0.3 is 6.18 Å². The SMILES string of the molecule is COc1cc2c(cc1OC)C(COc1cccc(C(F)(F)F)c1)N(C(=O)c1ccccc1[N+](=O)[O-])CC2. The van der Waals surface area contributed by atoms with Crippen molar-refractivity contribution >= 4 is 11.6 Å². The van der Waals surface area contributed by atoms with Gasteiger partial charge in [-0.25, -0.2) is 0 Å². The van der Waals surface area contributed by atoms with Gasteiger partial charge in [-0.1, -0.05) is 18.2 Å². The van der Waals surface area contributed by atoms with Crippen molar-refractivity contribution in [2.75, 3.05) is 27.4 Å². The number of rotatable bonds is 7. The van der Waals surface area contributed by atoms with Crippen LogP contribution in [0.15, 0.2) is 60.7 Å². The number of nitrogens with zero attached hydrogens (tertiary/aromatic N) is 2. The number of benzene rings is 3. The molecule has 4 rings (SSSR count). The summed E-state index contributed by atoms with van der Waals surface area (Å²) in [5, 5.41) is 11.6. The molecule has 0 radical (unpaired) electrons. The molecular weight excluding hydrogens is 493 g/mol. The quantitative estimate of drug-likeness (QED) is 0.306. The summed E-state index contributed by atoms with van der Waals surface area (Å²) in [5.41, 5.74) is 0.168. The Labute approximate surface area is 210 Å². The third kappa shape index (κ3) is 5.30. The average Bonchev–Trinajstić information content (AvgIpc) is 2.90. The number of hydrogen-bond acceptors (Lipinski definition) is 6. The van der Waals surface area contributed by atoms with Gasteiger partial charge in [0.15, 0.2) is 11.5 Å². The third-order valence-corrected chi connectivity index (χ3v) is 6.16. The van der Waals surface area contributed by atoms with Crippen LogP contribution < -0.4 is 14.2 Å². The number of carbonyl (C=O) groups excluding carboxylic acids is 1. The van der Waals surface area contributed by atoms with Gasteiger partial charge in [-0.05, 0) is 53.9 Å². The molecule has 11 heteroatoms. The third-order valence-electron chi connectivity index (χ3n) is 6.16. The maximum atomic E-state index is 13.6. The second-order valence-corrected chi connectivity index (χ2v) is 8.28. The van der Waals surface area contributed by atoms with E-state index in [0.29, 0.717) is 23.5 Å². The Morgan fingerprint density at radius 2 is 1.76 bits per heavy atom. The van der Waals surface area contributed by atoms with Crippen LogP contribution in [0, 0.1) is 10.1 Å². The molecule has 0 aliphatic carbocycles. The summed E-state index contributed by atoms with van der Waals surface area (Å²) in [4.78, 5) is 25.9. The average molecular weight is 516 g/mol.